The smallest absolute Gasteiger partial charge is 0.254 e. The van der Waals surface area contributed by atoms with E-state index < -0.39 is 5.54 Å². The van der Waals surface area contributed by atoms with Crippen LogP contribution in [0.3, 0.4) is 0 Å². The zero-order chi connectivity index (χ0) is 11.8. The normalized spacial score (nSPS) is 24.2. The van der Waals surface area contributed by atoms with Gasteiger partial charge < -0.3 is 5.32 Å². The number of aliphatic imine (C=N–C) groups is 1. The second-order valence-corrected chi connectivity index (χ2v) is 5.88. The molecule has 0 aromatic heterocycles. The van der Waals surface area contributed by atoms with E-state index in [-0.39, 0.29) is 11.4 Å². The number of guanidine groups is 1. The maximum Gasteiger partial charge on any atom is 0.254 e. The predicted octanol–water partition coefficient (Wildman–Crippen LogP) is 1.56. The molecule has 4 heteroatoms. The molecule has 1 aliphatic carbocycles. The summed E-state index contributed by atoms with van der Waals surface area (Å²) in [5.74, 6) is 0.735. The molecule has 0 aromatic carbocycles. The van der Waals surface area contributed by atoms with Gasteiger partial charge in [-0.05, 0) is 33.6 Å². The molecular weight excluding hydrogens is 202 g/mol. The summed E-state index contributed by atoms with van der Waals surface area (Å²) in [7, 11) is 0. The zero-order valence-corrected chi connectivity index (χ0v) is 10.4. The average Bonchev–Trinajstić information content (AvgIpc) is 2.41. The SMILES string of the molecule is CC(C)(C)NC1=NC2(CCCCC2)C(=O)N1. The minimum atomic E-state index is -0.453. The fourth-order valence-electron chi connectivity index (χ4n) is 2.41. The summed E-state index contributed by atoms with van der Waals surface area (Å²) < 4.78 is 0. The predicted molar refractivity (Wildman–Crippen MR) is 64.3 cm³/mol. The average molecular weight is 223 g/mol. The van der Waals surface area contributed by atoms with Gasteiger partial charge in [-0.3, -0.25) is 10.1 Å². The first-order valence-corrected chi connectivity index (χ1v) is 6.11. The van der Waals surface area contributed by atoms with Gasteiger partial charge in [-0.15, -0.1) is 0 Å². The van der Waals surface area contributed by atoms with Gasteiger partial charge in [-0.2, -0.15) is 0 Å². The van der Waals surface area contributed by atoms with Crippen LogP contribution in [-0.4, -0.2) is 22.9 Å². The van der Waals surface area contributed by atoms with Crippen LogP contribution >= 0.6 is 0 Å². The number of carbonyl (C=O) groups excluding carboxylic acids is 1. The molecule has 0 atom stereocenters. The first-order chi connectivity index (χ1) is 7.41. The van der Waals surface area contributed by atoms with Crippen molar-refractivity contribution in [1.29, 1.82) is 0 Å². The largest absolute Gasteiger partial charge is 0.351 e. The molecule has 1 fully saturated rings. The van der Waals surface area contributed by atoms with Gasteiger partial charge in [0.15, 0.2) is 5.96 Å². The lowest BCUT2D eigenvalue weighted by atomic mass is 9.82. The highest BCUT2D eigenvalue weighted by molar-refractivity contribution is 6.07. The van der Waals surface area contributed by atoms with E-state index in [1.54, 1.807) is 0 Å². The van der Waals surface area contributed by atoms with E-state index in [0.29, 0.717) is 5.96 Å². The van der Waals surface area contributed by atoms with Crippen molar-refractivity contribution < 1.29 is 4.79 Å². The molecule has 90 valence electrons. The number of amides is 1. The number of nitrogens with one attached hydrogen (secondary N) is 2. The van der Waals surface area contributed by atoms with E-state index in [4.69, 9.17) is 0 Å². The Labute approximate surface area is 96.9 Å². The Morgan fingerprint density at radius 3 is 2.44 bits per heavy atom. The molecule has 16 heavy (non-hydrogen) atoms. The highest BCUT2D eigenvalue weighted by Crippen LogP contribution is 2.34. The molecule has 0 unspecified atom stereocenters. The molecule has 4 nitrogen and oxygen atoms in total. The van der Waals surface area contributed by atoms with Gasteiger partial charge in [0.25, 0.3) is 5.91 Å². The second kappa shape index (κ2) is 3.75. The second-order valence-electron chi connectivity index (χ2n) is 5.88. The number of carbonyl (C=O) groups is 1. The van der Waals surface area contributed by atoms with Gasteiger partial charge in [-0.1, -0.05) is 19.3 Å². The summed E-state index contributed by atoms with van der Waals surface area (Å²) in [5, 5.41) is 6.11. The Hall–Kier alpha value is -1.06. The lowest BCUT2D eigenvalue weighted by Crippen LogP contribution is -2.47. The van der Waals surface area contributed by atoms with Crippen LogP contribution in [0.5, 0.6) is 0 Å². The molecule has 1 amide bonds. The fraction of sp³-hybridized carbons (Fsp3) is 0.833. The molecule has 0 saturated heterocycles. The van der Waals surface area contributed by atoms with Crippen molar-refractivity contribution in [3.05, 3.63) is 0 Å². The van der Waals surface area contributed by atoms with E-state index in [0.717, 1.165) is 25.7 Å². The van der Waals surface area contributed by atoms with Crippen LogP contribution < -0.4 is 10.6 Å². The molecule has 2 aliphatic rings. The maximum absolute atomic E-state index is 12.0. The molecule has 2 N–H and O–H groups in total. The van der Waals surface area contributed by atoms with Gasteiger partial charge in [0.05, 0.1) is 0 Å². The van der Waals surface area contributed by atoms with Crippen LogP contribution in [0.1, 0.15) is 52.9 Å². The molecule has 0 bridgehead atoms. The number of rotatable bonds is 0. The van der Waals surface area contributed by atoms with Crippen LogP contribution in [0, 0.1) is 0 Å². The third-order valence-corrected chi connectivity index (χ3v) is 3.15. The van der Waals surface area contributed by atoms with Crippen LogP contribution in [-0.2, 0) is 4.79 Å². The summed E-state index contributed by atoms with van der Waals surface area (Å²) in [6, 6.07) is 0. The quantitative estimate of drug-likeness (QED) is 0.655. The number of hydrogen-bond acceptors (Lipinski definition) is 3. The van der Waals surface area contributed by atoms with Crippen molar-refractivity contribution in [2.45, 2.75) is 64.0 Å². The number of nitrogens with zero attached hydrogens (tertiary/aromatic N) is 1. The standard InChI is InChI=1S/C12H21N3O/c1-11(2,3)14-10-13-9(16)12(15-10)7-5-4-6-8-12/h4-8H2,1-3H3,(H2,13,14,15,16). The van der Waals surface area contributed by atoms with Crippen molar-refractivity contribution in [2.24, 2.45) is 4.99 Å². The van der Waals surface area contributed by atoms with Gasteiger partial charge in [0, 0.05) is 5.54 Å². The lowest BCUT2D eigenvalue weighted by Gasteiger charge is -2.27. The Kier molecular flexibility index (Phi) is 2.68. The highest BCUT2D eigenvalue weighted by atomic mass is 16.2. The minimum absolute atomic E-state index is 0.0632. The molecular formula is C12H21N3O. The zero-order valence-electron chi connectivity index (χ0n) is 10.4. The van der Waals surface area contributed by atoms with Crippen molar-refractivity contribution >= 4 is 11.9 Å². The summed E-state index contributed by atoms with van der Waals surface area (Å²) >= 11 is 0. The Bertz CT molecular complexity index is 322. The first-order valence-electron chi connectivity index (χ1n) is 6.11. The fourth-order valence-corrected chi connectivity index (χ4v) is 2.41. The van der Waals surface area contributed by atoms with Gasteiger partial charge >= 0.3 is 0 Å². The molecule has 1 saturated carbocycles. The van der Waals surface area contributed by atoms with Crippen molar-refractivity contribution in [2.75, 3.05) is 0 Å². The monoisotopic (exact) mass is 223 g/mol. The summed E-state index contributed by atoms with van der Waals surface area (Å²) in [6.07, 6.45) is 5.24. The number of hydrogen-bond donors (Lipinski definition) is 2. The van der Waals surface area contributed by atoms with Gasteiger partial charge in [-0.25, -0.2) is 4.99 Å². The molecule has 0 aromatic rings. The van der Waals surface area contributed by atoms with E-state index in [2.05, 4.69) is 36.4 Å². The molecule has 1 spiro atoms. The molecule has 0 radical (unpaired) electrons. The summed E-state index contributed by atoms with van der Waals surface area (Å²) in [6.45, 7) is 6.19. The van der Waals surface area contributed by atoms with Crippen molar-refractivity contribution in [3.63, 3.8) is 0 Å². The highest BCUT2D eigenvalue weighted by Gasteiger charge is 2.44. The van der Waals surface area contributed by atoms with E-state index >= 15 is 0 Å². The van der Waals surface area contributed by atoms with Gasteiger partial charge in [0.1, 0.15) is 5.54 Å². The van der Waals surface area contributed by atoms with E-state index in [1.807, 2.05) is 0 Å². The third kappa shape index (κ3) is 2.20. The minimum Gasteiger partial charge on any atom is -0.351 e. The van der Waals surface area contributed by atoms with Crippen molar-refractivity contribution in [1.82, 2.24) is 10.6 Å². The van der Waals surface area contributed by atoms with E-state index in [1.165, 1.54) is 6.42 Å². The van der Waals surface area contributed by atoms with E-state index in [9.17, 15) is 4.79 Å². The van der Waals surface area contributed by atoms with Gasteiger partial charge in [0.2, 0.25) is 0 Å². The summed E-state index contributed by atoms with van der Waals surface area (Å²) in [4.78, 5) is 16.6. The maximum atomic E-state index is 12.0. The molecule has 1 heterocycles. The summed E-state index contributed by atoms with van der Waals surface area (Å²) in [5.41, 5.74) is -0.516. The van der Waals surface area contributed by atoms with Crippen LogP contribution in [0.25, 0.3) is 0 Å². The van der Waals surface area contributed by atoms with Crippen LogP contribution in [0.2, 0.25) is 0 Å². The topological polar surface area (TPSA) is 53.5 Å². The molecule has 1 aliphatic heterocycles. The Morgan fingerprint density at radius 2 is 1.88 bits per heavy atom. The lowest BCUT2D eigenvalue weighted by molar-refractivity contribution is -0.124. The van der Waals surface area contributed by atoms with Crippen molar-refractivity contribution in [3.8, 4) is 0 Å². The Balaban J connectivity index is 2.13. The Morgan fingerprint density at radius 1 is 1.25 bits per heavy atom. The molecule has 2 rings (SSSR count). The van der Waals surface area contributed by atoms with Crippen LogP contribution in [0.15, 0.2) is 4.99 Å². The third-order valence-electron chi connectivity index (χ3n) is 3.15. The van der Waals surface area contributed by atoms with Crippen LogP contribution in [0.4, 0.5) is 0 Å². The first kappa shape index (κ1) is 11.4.